The van der Waals surface area contributed by atoms with Gasteiger partial charge in [-0.3, -0.25) is 0 Å². The molecule has 0 bridgehead atoms. The second-order valence-electron chi connectivity index (χ2n) is 4.11. The van der Waals surface area contributed by atoms with Gasteiger partial charge in [0.2, 0.25) is 0 Å². The number of halogens is 1. The molecular formula is C14H11IN2. The van der Waals surface area contributed by atoms with Gasteiger partial charge in [0.05, 0.1) is 12.1 Å². The van der Waals surface area contributed by atoms with Gasteiger partial charge in [0.15, 0.2) is 5.41 Å². The van der Waals surface area contributed by atoms with E-state index in [2.05, 4.69) is 40.8 Å². The van der Waals surface area contributed by atoms with Crippen LogP contribution in [-0.4, -0.2) is 3.92 Å². The molecule has 0 aromatic heterocycles. The number of alkyl halides is 1. The summed E-state index contributed by atoms with van der Waals surface area (Å²) >= 11 is 2.22. The number of benzene rings is 1. The van der Waals surface area contributed by atoms with Gasteiger partial charge < -0.3 is 0 Å². The first-order valence-electron chi connectivity index (χ1n) is 5.43. The van der Waals surface area contributed by atoms with Crippen LogP contribution in [0.4, 0.5) is 0 Å². The lowest BCUT2D eigenvalue weighted by molar-refractivity contribution is 0.442. The molecule has 17 heavy (non-hydrogen) atoms. The van der Waals surface area contributed by atoms with Crippen molar-refractivity contribution in [3.05, 3.63) is 48.0 Å². The fourth-order valence-electron chi connectivity index (χ4n) is 2.21. The van der Waals surface area contributed by atoms with Crippen LogP contribution in [0, 0.1) is 28.1 Å². The summed E-state index contributed by atoms with van der Waals surface area (Å²) in [5.41, 5.74) is 0.0876. The third-order valence-corrected chi connectivity index (χ3v) is 4.68. The van der Waals surface area contributed by atoms with Crippen LogP contribution in [-0.2, 0) is 0 Å². The lowest BCUT2D eigenvalue weighted by Crippen LogP contribution is -2.36. The first kappa shape index (κ1) is 12.1. The largest absolute Gasteiger partial charge is 0.196 e. The minimum atomic E-state index is -0.948. The van der Waals surface area contributed by atoms with Crippen molar-refractivity contribution in [2.75, 3.05) is 0 Å². The van der Waals surface area contributed by atoms with Crippen molar-refractivity contribution < 1.29 is 0 Å². The third-order valence-electron chi connectivity index (χ3n) is 3.18. The zero-order chi connectivity index (χ0) is 12.3. The van der Waals surface area contributed by atoms with Crippen LogP contribution >= 0.6 is 22.6 Å². The first-order chi connectivity index (χ1) is 8.24. The molecule has 2 nitrogen and oxygen atoms in total. The van der Waals surface area contributed by atoms with Crippen LogP contribution in [0.25, 0.3) is 0 Å². The molecule has 2 rings (SSSR count). The van der Waals surface area contributed by atoms with Crippen molar-refractivity contribution in [1.82, 2.24) is 0 Å². The second kappa shape index (κ2) is 4.89. The van der Waals surface area contributed by atoms with Gasteiger partial charge in [-0.15, -0.1) is 0 Å². The summed E-state index contributed by atoms with van der Waals surface area (Å²) in [5, 5.41) is 18.9. The number of allylic oxidation sites excluding steroid dienone is 2. The Morgan fingerprint density at radius 1 is 1.18 bits per heavy atom. The molecule has 0 heterocycles. The van der Waals surface area contributed by atoms with Gasteiger partial charge in [0, 0.05) is 9.84 Å². The van der Waals surface area contributed by atoms with E-state index in [4.69, 9.17) is 0 Å². The molecule has 1 aliphatic rings. The highest BCUT2D eigenvalue weighted by Gasteiger charge is 2.46. The number of hydrogen-bond donors (Lipinski definition) is 0. The van der Waals surface area contributed by atoms with Gasteiger partial charge in [-0.2, -0.15) is 10.5 Å². The highest BCUT2D eigenvalue weighted by Crippen LogP contribution is 2.46. The summed E-state index contributed by atoms with van der Waals surface area (Å²) in [4.78, 5) is 0. The van der Waals surface area contributed by atoms with E-state index in [9.17, 15) is 10.5 Å². The van der Waals surface area contributed by atoms with E-state index < -0.39 is 5.41 Å². The molecule has 0 radical (unpaired) electrons. The predicted molar refractivity (Wildman–Crippen MR) is 74.4 cm³/mol. The fourth-order valence-corrected chi connectivity index (χ4v) is 3.16. The van der Waals surface area contributed by atoms with Crippen molar-refractivity contribution in [3.8, 4) is 12.1 Å². The molecule has 0 spiro atoms. The van der Waals surface area contributed by atoms with Gasteiger partial charge in [-0.05, 0) is 12.0 Å². The Kier molecular flexibility index (Phi) is 3.49. The van der Waals surface area contributed by atoms with Gasteiger partial charge in [-0.1, -0.05) is 65.1 Å². The quantitative estimate of drug-likeness (QED) is 0.448. The fraction of sp³-hybridized carbons (Fsp3) is 0.286. The van der Waals surface area contributed by atoms with Crippen molar-refractivity contribution >= 4 is 22.6 Å². The predicted octanol–water partition coefficient (Wildman–Crippen LogP) is 3.57. The summed E-state index contributed by atoms with van der Waals surface area (Å²) in [6.45, 7) is 0. The number of hydrogen-bond acceptors (Lipinski definition) is 2. The van der Waals surface area contributed by atoms with E-state index in [0.717, 1.165) is 12.0 Å². The van der Waals surface area contributed by atoms with Crippen molar-refractivity contribution in [2.45, 2.75) is 16.3 Å². The van der Waals surface area contributed by atoms with Crippen LogP contribution in [0.3, 0.4) is 0 Å². The molecule has 0 fully saturated rings. The molecular weight excluding hydrogens is 323 g/mol. The molecule has 1 aromatic rings. The van der Waals surface area contributed by atoms with E-state index in [1.54, 1.807) is 0 Å². The van der Waals surface area contributed by atoms with Gasteiger partial charge in [0.1, 0.15) is 0 Å². The molecule has 2 atom stereocenters. The zero-order valence-electron chi connectivity index (χ0n) is 9.18. The lowest BCUT2D eigenvalue weighted by atomic mass is 9.68. The molecule has 1 aromatic carbocycles. The first-order valence-corrected chi connectivity index (χ1v) is 6.67. The Balaban J connectivity index is 2.53. The van der Waals surface area contributed by atoms with Crippen molar-refractivity contribution in [2.24, 2.45) is 5.41 Å². The van der Waals surface area contributed by atoms with E-state index in [-0.39, 0.29) is 9.84 Å². The monoisotopic (exact) mass is 334 g/mol. The highest BCUT2D eigenvalue weighted by molar-refractivity contribution is 14.1. The van der Waals surface area contributed by atoms with E-state index in [1.807, 2.05) is 36.4 Å². The summed E-state index contributed by atoms with van der Waals surface area (Å²) < 4.78 is 0.0327. The normalized spacial score (nSPS) is 25.8. The minimum absolute atomic E-state index is 0.0327. The number of nitriles is 2. The maximum Gasteiger partial charge on any atom is 0.165 e. The second-order valence-corrected chi connectivity index (χ2v) is 5.62. The molecule has 0 saturated heterocycles. The summed E-state index contributed by atoms with van der Waals surface area (Å²) in [7, 11) is 0. The molecule has 84 valence electrons. The highest BCUT2D eigenvalue weighted by atomic mass is 127. The van der Waals surface area contributed by atoms with Crippen molar-refractivity contribution in [3.63, 3.8) is 0 Å². The standard InChI is InChI=1S/C14H11IN2/c15-13-8-4-7-12(14(13,9-16)10-17)11-5-2-1-3-6-11/h1-7,12-13H,8H2/t12-,13+/m0/s1. The Morgan fingerprint density at radius 2 is 1.82 bits per heavy atom. The molecule has 3 heteroatoms. The van der Waals surface area contributed by atoms with Gasteiger partial charge in [-0.25, -0.2) is 0 Å². The van der Waals surface area contributed by atoms with E-state index in [1.165, 1.54) is 0 Å². The van der Waals surface area contributed by atoms with E-state index >= 15 is 0 Å². The number of rotatable bonds is 1. The minimum Gasteiger partial charge on any atom is -0.196 e. The van der Waals surface area contributed by atoms with Crippen LogP contribution in [0.5, 0.6) is 0 Å². The van der Waals surface area contributed by atoms with E-state index in [0.29, 0.717) is 0 Å². The summed E-state index contributed by atoms with van der Waals surface area (Å²) in [6, 6.07) is 14.3. The van der Waals surface area contributed by atoms with Crippen LogP contribution in [0.15, 0.2) is 42.5 Å². The Morgan fingerprint density at radius 3 is 2.41 bits per heavy atom. The molecule has 0 unspecified atom stereocenters. The van der Waals surface area contributed by atoms with Gasteiger partial charge >= 0.3 is 0 Å². The van der Waals surface area contributed by atoms with Crippen LogP contribution < -0.4 is 0 Å². The maximum absolute atomic E-state index is 9.43. The smallest absolute Gasteiger partial charge is 0.165 e. The average molecular weight is 334 g/mol. The lowest BCUT2D eigenvalue weighted by Gasteiger charge is -2.34. The van der Waals surface area contributed by atoms with Gasteiger partial charge in [0.25, 0.3) is 0 Å². The topological polar surface area (TPSA) is 47.6 Å². The Bertz CT molecular complexity index is 493. The summed E-state index contributed by atoms with van der Waals surface area (Å²) in [6.07, 6.45) is 4.85. The third kappa shape index (κ3) is 1.96. The van der Waals surface area contributed by atoms with Crippen molar-refractivity contribution in [1.29, 1.82) is 10.5 Å². The number of nitrogens with zero attached hydrogens (tertiary/aromatic N) is 2. The molecule has 1 aliphatic carbocycles. The molecule has 0 aliphatic heterocycles. The average Bonchev–Trinajstić information content (AvgIpc) is 2.40. The van der Waals surface area contributed by atoms with Crippen LogP contribution in [0.2, 0.25) is 0 Å². The SMILES string of the molecule is N#CC1(C#N)[C@H](I)CC=C[C@H]1c1ccccc1. The Labute approximate surface area is 115 Å². The zero-order valence-corrected chi connectivity index (χ0v) is 11.3. The van der Waals surface area contributed by atoms with Crippen LogP contribution in [0.1, 0.15) is 17.9 Å². The molecule has 0 N–H and O–H groups in total. The maximum atomic E-state index is 9.43. The Hall–Kier alpha value is -1.33. The molecule has 0 amide bonds. The summed E-state index contributed by atoms with van der Waals surface area (Å²) in [5.74, 6) is -0.130. The molecule has 0 saturated carbocycles.